The molecule has 0 saturated carbocycles. The van der Waals surface area contributed by atoms with Gasteiger partial charge in [-0.15, -0.1) is 0 Å². The zero-order chi connectivity index (χ0) is 14.5. The van der Waals surface area contributed by atoms with E-state index in [9.17, 15) is 4.57 Å². The number of rotatable bonds is 3. The summed E-state index contributed by atoms with van der Waals surface area (Å²) in [6.45, 7) is 7.73. The molecule has 1 aromatic carbocycles. The van der Waals surface area contributed by atoms with Gasteiger partial charge in [0.25, 0.3) is 0 Å². The van der Waals surface area contributed by atoms with Crippen LogP contribution in [0.15, 0.2) is 24.3 Å². The van der Waals surface area contributed by atoms with Gasteiger partial charge in [0.2, 0.25) is 0 Å². The van der Waals surface area contributed by atoms with E-state index in [1.54, 1.807) is 0 Å². The lowest BCUT2D eigenvalue weighted by atomic mass is 10.1. The highest BCUT2D eigenvalue weighted by atomic mass is 31.2. The van der Waals surface area contributed by atoms with Crippen molar-refractivity contribution in [2.24, 2.45) is 0 Å². The van der Waals surface area contributed by atoms with Crippen LogP contribution in [-0.4, -0.2) is 31.4 Å². The zero-order valence-electron chi connectivity index (χ0n) is 12.5. The third kappa shape index (κ3) is 2.58. The van der Waals surface area contributed by atoms with Gasteiger partial charge in [-0.1, -0.05) is 24.3 Å². The average Bonchev–Trinajstić information content (AvgIpc) is 2.77. The molecule has 20 heavy (non-hydrogen) atoms. The maximum atomic E-state index is 12.0. The lowest BCUT2D eigenvalue weighted by molar-refractivity contribution is -0.0370. The fraction of sp³-hybridized carbons (Fsp3) is 0.600. The first kappa shape index (κ1) is 14.3. The second-order valence-electron chi connectivity index (χ2n) is 6.76. The molecule has 0 spiro atoms. The molecule has 2 aliphatic rings. The number of nitrogens with one attached hydrogen (secondary N) is 2. The lowest BCUT2D eigenvalue weighted by Crippen LogP contribution is -2.35. The van der Waals surface area contributed by atoms with Crippen LogP contribution in [0, 0.1) is 0 Å². The van der Waals surface area contributed by atoms with Gasteiger partial charge in [0.15, 0.2) is 0 Å². The Morgan fingerprint density at radius 2 is 1.95 bits per heavy atom. The van der Waals surface area contributed by atoms with E-state index in [4.69, 9.17) is 4.74 Å². The van der Waals surface area contributed by atoms with Crippen molar-refractivity contribution < 1.29 is 9.30 Å². The molecule has 1 saturated heterocycles. The number of fused-ring (bicyclic) bond motifs is 3. The van der Waals surface area contributed by atoms with Crippen LogP contribution >= 0.6 is 7.14 Å². The number of hydrogen-bond acceptors (Lipinski definition) is 4. The van der Waals surface area contributed by atoms with Gasteiger partial charge in [0, 0.05) is 6.29 Å². The maximum absolute atomic E-state index is 12.0. The molecule has 1 heterocycles. The third-order valence-electron chi connectivity index (χ3n) is 3.95. The molecular weight excluding hydrogens is 271 g/mol. The van der Waals surface area contributed by atoms with Gasteiger partial charge in [-0.3, -0.25) is 5.32 Å². The Bertz CT molecular complexity index is 567. The van der Waals surface area contributed by atoms with Crippen molar-refractivity contribution >= 4 is 7.14 Å². The molecule has 5 heteroatoms. The topological polar surface area (TPSA) is 50.4 Å². The Balaban J connectivity index is 1.90. The summed E-state index contributed by atoms with van der Waals surface area (Å²) in [4.78, 5) is 0. The monoisotopic (exact) mass is 294 g/mol. The highest BCUT2D eigenvalue weighted by molar-refractivity contribution is 7.62. The first-order valence-electron chi connectivity index (χ1n) is 7.09. The molecular formula is C15H23N2O2P. The largest absolute Gasteiger partial charge is 0.354 e. The van der Waals surface area contributed by atoms with Crippen molar-refractivity contribution in [2.45, 2.75) is 37.8 Å². The van der Waals surface area contributed by atoms with Crippen molar-refractivity contribution in [3.63, 3.8) is 0 Å². The molecule has 110 valence electrons. The summed E-state index contributed by atoms with van der Waals surface area (Å²) in [5, 5.41) is 7.00. The highest BCUT2D eigenvalue weighted by Gasteiger charge is 2.50. The normalized spacial score (nSPS) is 31.1. The fourth-order valence-electron chi connectivity index (χ4n) is 3.21. The molecule has 0 aromatic heterocycles. The summed E-state index contributed by atoms with van der Waals surface area (Å²) in [6, 6.07) is 8.74. The second-order valence-corrected chi connectivity index (χ2v) is 10.2. The number of benzene rings is 1. The minimum atomic E-state index is -2.09. The summed E-state index contributed by atoms with van der Waals surface area (Å²) >= 11 is 0. The van der Waals surface area contributed by atoms with E-state index in [-0.39, 0.29) is 23.9 Å². The molecule has 1 aliphatic carbocycles. The van der Waals surface area contributed by atoms with Crippen LogP contribution in [-0.2, 0) is 9.30 Å². The van der Waals surface area contributed by atoms with E-state index in [1.807, 2.05) is 13.3 Å². The van der Waals surface area contributed by atoms with Gasteiger partial charge in [0.05, 0.1) is 25.3 Å². The van der Waals surface area contributed by atoms with Crippen molar-refractivity contribution in [1.82, 2.24) is 10.6 Å². The fourth-order valence-corrected chi connectivity index (χ4v) is 3.85. The summed E-state index contributed by atoms with van der Waals surface area (Å²) in [5.41, 5.74) is 2.24. The summed E-state index contributed by atoms with van der Waals surface area (Å²) in [7, 11) is -2.09. The molecule has 1 aliphatic heterocycles. The van der Waals surface area contributed by atoms with E-state index >= 15 is 0 Å². The second kappa shape index (κ2) is 4.67. The summed E-state index contributed by atoms with van der Waals surface area (Å²) in [6.07, 6.45) is 0.605. The van der Waals surface area contributed by atoms with Crippen molar-refractivity contribution in [1.29, 1.82) is 0 Å². The van der Waals surface area contributed by atoms with Crippen molar-refractivity contribution in [3.8, 4) is 0 Å². The quantitative estimate of drug-likeness (QED) is 0.842. The van der Waals surface area contributed by atoms with Crippen LogP contribution in [0.25, 0.3) is 0 Å². The smallest absolute Gasteiger partial charge is 0.114 e. The van der Waals surface area contributed by atoms with Gasteiger partial charge in [-0.25, -0.2) is 0 Å². The number of hydrogen-bond donors (Lipinski definition) is 2. The molecule has 0 bridgehead atoms. The Labute approximate surface area is 120 Å². The molecule has 0 radical (unpaired) electrons. The Hall–Kier alpha value is -0.670. The van der Waals surface area contributed by atoms with Gasteiger partial charge < -0.3 is 14.6 Å². The maximum Gasteiger partial charge on any atom is 0.114 e. The minimum Gasteiger partial charge on any atom is -0.354 e. The van der Waals surface area contributed by atoms with Crippen molar-refractivity contribution in [2.75, 3.05) is 19.6 Å². The minimum absolute atomic E-state index is 0.0638. The Kier molecular flexibility index (Phi) is 3.33. The van der Waals surface area contributed by atoms with Crippen molar-refractivity contribution in [3.05, 3.63) is 35.4 Å². The molecule has 4 nitrogen and oxygen atoms in total. The molecule has 2 N–H and O–H groups in total. The first-order valence-corrected chi connectivity index (χ1v) is 9.87. The SMILES string of the molecule is CC1(C)N[C@H]2c3ccccc3[C@@H](NCP(C)(C)=O)[C@H]2O1. The van der Waals surface area contributed by atoms with Crippen LogP contribution in [0.1, 0.15) is 37.1 Å². The van der Waals surface area contributed by atoms with Crippen LogP contribution in [0.2, 0.25) is 0 Å². The molecule has 1 fully saturated rings. The average molecular weight is 294 g/mol. The summed E-state index contributed by atoms with van der Waals surface area (Å²) in [5.74, 6) is 0. The van der Waals surface area contributed by atoms with Gasteiger partial charge in [-0.2, -0.15) is 0 Å². The van der Waals surface area contributed by atoms with Gasteiger partial charge in [-0.05, 0) is 38.3 Å². The van der Waals surface area contributed by atoms with E-state index in [1.165, 1.54) is 11.1 Å². The first-order chi connectivity index (χ1) is 9.27. The molecule has 3 rings (SSSR count). The highest BCUT2D eigenvalue weighted by Crippen LogP contribution is 2.47. The molecule has 3 atom stereocenters. The molecule has 0 unspecified atom stereocenters. The van der Waals surface area contributed by atoms with Crippen LogP contribution < -0.4 is 10.6 Å². The lowest BCUT2D eigenvalue weighted by Gasteiger charge is -2.25. The summed E-state index contributed by atoms with van der Waals surface area (Å²) < 4.78 is 18.2. The zero-order valence-corrected chi connectivity index (χ0v) is 13.4. The van der Waals surface area contributed by atoms with Crippen LogP contribution in [0.5, 0.6) is 0 Å². The van der Waals surface area contributed by atoms with E-state index in [0.29, 0.717) is 6.29 Å². The number of ether oxygens (including phenoxy) is 1. The van der Waals surface area contributed by atoms with E-state index in [0.717, 1.165) is 0 Å². The van der Waals surface area contributed by atoms with Crippen LogP contribution in [0.4, 0.5) is 0 Å². The molecule has 1 aromatic rings. The van der Waals surface area contributed by atoms with Gasteiger partial charge >= 0.3 is 0 Å². The standard InChI is InChI=1S/C15H23N2O2P/c1-15(2)17-13-11-8-6-5-7-10(11)12(14(13)19-15)16-9-20(3,4)18/h5-8,12-14,16-17H,9H2,1-4H3/t12-,13+,14-/m1/s1. The van der Waals surface area contributed by atoms with Crippen LogP contribution in [0.3, 0.4) is 0 Å². The Morgan fingerprint density at radius 3 is 2.60 bits per heavy atom. The van der Waals surface area contributed by atoms with E-state index in [2.05, 4.69) is 48.7 Å². The predicted octanol–water partition coefficient (Wildman–Crippen LogP) is 2.68. The Morgan fingerprint density at radius 1 is 1.30 bits per heavy atom. The van der Waals surface area contributed by atoms with E-state index < -0.39 is 7.14 Å². The predicted molar refractivity (Wildman–Crippen MR) is 81.5 cm³/mol. The third-order valence-corrected chi connectivity index (χ3v) is 4.89. The molecule has 0 amide bonds. The van der Waals surface area contributed by atoms with Gasteiger partial charge in [0.1, 0.15) is 5.72 Å².